The van der Waals surface area contributed by atoms with Crippen molar-refractivity contribution in [2.24, 2.45) is 7.05 Å². The minimum atomic E-state index is 0.334. The maximum atomic E-state index is 4.28. The summed E-state index contributed by atoms with van der Waals surface area (Å²) in [5.41, 5.74) is 1.25. The quantitative estimate of drug-likeness (QED) is 0.762. The molecule has 3 nitrogen and oxygen atoms in total. The molecule has 1 heterocycles. The fraction of sp³-hybridized carbons (Fsp3) is 0.400. The van der Waals surface area contributed by atoms with Gasteiger partial charge in [0, 0.05) is 40.0 Å². The first-order valence-electron chi connectivity index (χ1n) is 6.80. The van der Waals surface area contributed by atoms with Crippen LogP contribution in [0.4, 0.5) is 0 Å². The molecule has 20 heavy (non-hydrogen) atoms. The molecule has 2 aromatic rings. The number of rotatable bonds is 7. The fourth-order valence-electron chi connectivity index (χ4n) is 1.95. The summed E-state index contributed by atoms with van der Waals surface area (Å²) in [6, 6.07) is 8.68. The summed E-state index contributed by atoms with van der Waals surface area (Å²) in [5, 5.41) is 7.88. The van der Waals surface area contributed by atoms with Crippen molar-refractivity contribution in [2.45, 2.75) is 24.3 Å². The second kappa shape index (κ2) is 7.86. The number of nitrogens with one attached hydrogen (secondary N) is 1. The number of hydrogen-bond acceptors (Lipinski definition) is 3. The molecule has 2 rings (SSSR count). The largest absolute Gasteiger partial charge is 0.309 e. The predicted molar refractivity (Wildman–Crippen MR) is 89.1 cm³/mol. The molecule has 1 aromatic heterocycles. The summed E-state index contributed by atoms with van der Waals surface area (Å²) in [4.78, 5) is 1.28. The van der Waals surface area contributed by atoms with Crippen LogP contribution in [0.3, 0.4) is 0 Å². The lowest BCUT2D eigenvalue weighted by Gasteiger charge is -2.17. The first kappa shape index (κ1) is 15.6. The molecule has 0 radical (unpaired) electrons. The lowest BCUT2D eigenvalue weighted by Crippen LogP contribution is -2.23. The standard InChI is InChI=1S/C15H20BrN3S/c1-3-8-17-14(12-9-18-19(2)10-12)11-20-15-7-5-4-6-13(15)16/h4-7,9-10,14,17H,3,8,11H2,1-2H3. The Morgan fingerprint density at radius 2 is 2.20 bits per heavy atom. The zero-order valence-corrected chi connectivity index (χ0v) is 14.2. The molecular formula is C15H20BrN3S. The van der Waals surface area contributed by atoms with Crippen LogP contribution in [0.25, 0.3) is 0 Å². The van der Waals surface area contributed by atoms with E-state index >= 15 is 0 Å². The highest BCUT2D eigenvalue weighted by Crippen LogP contribution is 2.30. The van der Waals surface area contributed by atoms with Crippen molar-refractivity contribution in [1.82, 2.24) is 15.1 Å². The second-order valence-electron chi connectivity index (χ2n) is 4.70. The highest BCUT2D eigenvalue weighted by atomic mass is 79.9. The van der Waals surface area contributed by atoms with Crippen molar-refractivity contribution in [3.8, 4) is 0 Å². The lowest BCUT2D eigenvalue weighted by atomic mass is 10.2. The van der Waals surface area contributed by atoms with Crippen LogP contribution in [-0.2, 0) is 7.05 Å². The van der Waals surface area contributed by atoms with Gasteiger partial charge in [-0.2, -0.15) is 5.10 Å². The molecule has 0 aliphatic rings. The van der Waals surface area contributed by atoms with E-state index in [2.05, 4.69) is 57.7 Å². The van der Waals surface area contributed by atoms with Gasteiger partial charge in [-0.3, -0.25) is 4.68 Å². The molecular weight excluding hydrogens is 334 g/mol. The Morgan fingerprint density at radius 3 is 2.85 bits per heavy atom. The maximum Gasteiger partial charge on any atom is 0.0537 e. The molecule has 5 heteroatoms. The highest BCUT2D eigenvalue weighted by molar-refractivity contribution is 9.10. The van der Waals surface area contributed by atoms with Crippen LogP contribution in [0.15, 0.2) is 46.0 Å². The molecule has 1 N–H and O–H groups in total. The Labute approximate surface area is 133 Å². The average molecular weight is 354 g/mol. The smallest absolute Gasteiger partial charge is 0.0537 e. The predicted octanol–water partition coefficient (Wildman–Crippen LogP) is 4.02. The number of halogens is 1. The summed E-state index contributed by atoms with van der Waals surface area (Å²) in [7, 11) is 1.96. The molecule has 0 saturated carbocycles. The van der Waals surface area contributed by atoms with Gasteiger partial charge >= 0.3 is 0 Å². The molecule has 1 aromatic carbocycles. The van der Waals surface area contributed by atoms with Crippen LogP contribution in [0.2, 0.25) is 0 Å². The summed E-state index contributed by atoms with van der Waals surface area (Å²) in [6.45, 7) is 3.21. The topological polar surface area (TPSA) is 29.9 Å². The normalized spacial score (nSPS) is 12.6. The van der Waals surface area contributed by atoms with E-state index in [0.29, 0.717) is 6.04 Å². The fourth-order valence-corrected chi connectivity index (χ4v) is 3.61. The Kier molecular flexibility index (Phi) is 6.13. The Bertz CT molecular complexity index is 541. The van der Waals surface area contributed by atoms with E-state index in [0.717, 1.165) is 23.2 Å². The molecule has 0 amide bonds. The molecule has 108 valence electrons. The van der Waals surface area contributed by atoms with Gasteiger partial charge in [0.05, 0.1) is 6.20 Å². The van der Waals surface area contributed by atoms with Crippen molar-refractivity contribution < 1.29 is 0 Å². The van der Waals surface area contributed by atoms with E-state index in [9.17, 15) is 0 Å². The van der Waals surface area contributed by atoms with Crippen molar-refractivity contribution >= 4 is 27.7 Å². The Balaban J connectivity index is 2.03. The van der Waals surface area contributed by atoms with Gasteiger partial charge in [-0.15, -0.1) is 11.8 Å². The summed E-state index contributed by atoms with van der Waals surface area (Å²) >= 11 is 5.46. The minimum absolute atomic E-state index is 0.334. The SMILES string of the molecule is CCCNC(CSc1ccccc1Br)c1cnn(C)c1. The van der Waals surface area contributed by atoms with Gasteiger partial charge in [0.2, 0.25) is 0 Å². The van der Waals surface area contributed by atoms with Crippen molar-refractivity contribution in [3.63, 3.8) is 0 Å². The lowest BCUT2D eigenvalue weighted by molar-refractivity contribution is 0.577. The molecule has 0 saturated heterocycles. The zero-order chi connectivity index (χ0) is 14.4. The number of aromatic nitrogens is 2. The van der Waals surface area contributed by atoms with Gasteiger partial charge in [0.25, 0.3) is 0 Å². The van der Waals surface area contributed by atoms with Crippen molar-refractivity contribution in [2.75, 3.05) is 12.3 Å². The van der Waals surface area contributed by atoms with Gasteiger partial charge in [-0.25, -0.2) is 0 Å². The molecule has 1 atom stereocenters. The second-order valence-corrected chi connectivity index (χ2v) is 6.61. The van der Waals surface area contributed by atoms with Crippen molar-refractivity contribution in [1.29, 1.82) is 0 Å². The molecule has 1 unspecified atom stereocenters. The summed E-state index contributed by atoms with van der Waals surface area (Å²) in [5.74, 6) is 0.994. The molecule has 0 fully saturated rings. The van der Waals surface area contributed by atoms with E-state index in [1.165, 1.54) is 10.5 Å². The third-order valence-corrected chi connectivity index (χ3v) is 5.13. The molecule has 0 bridgehead atoms. The molecule has 0 aliphatic heterocycles. The Hall–Kier alpha value is -0.780. The maximum absolute atomic E-state index is 4.28. The van der Waals surface area contributed by atoms with E-state index in [1.54, 1.807) is 0 Å². The molecule has 0 spiro atoms. The van der Waals surface area contributed by atoms with Gasteiger partial charge in [0.1, 0.15) is 0 Å². The van der Waals surface area contributed by atoms with Crippen LogP contribution < -0.4 is 5.32 Å². The van der Waals surface area contributed by atoms with Crippen molar-refractivity contribution in [3.05, 3.63) is 46.7 Å². The third kappa shape index (κ3) is 4.36. The van der Waals surface area contributed by atoms with Crippen LogP contribution in [0.1, 0.15) is 24.9 Å². The van der Waals surface area contributed by atoms with Gasteiger partial charge in [-0.1, -0.05) is 19.1 Å². The minimum Gasteiger partial charge on any atom is -0.309 e. The molecule has 0 aliphatic carbocycles. The first-order valence-corrected chi connectivity index (χ1v) is 8.57. The van der Waals surface area contributed by atoms with E-state index in [4.69, 9.17) is 0 Å². The summed E-state index contributed by atoms with van der Waals surface area (Å²) in [6.07, 6.45) is 5.18. The number of thioether (sulfide) groups is 1. The first-order chi connectivity index (χ1) is 9.70. The number of aryl methyl sites for hydroxylation is 1. The third-order valence-electron chi connectivity index (χ3n) is 3.01. The average Bonchev–Trinajstić information content (AvgIpc) is 2.87. The van der Waals surface area contributed by atoms with Gasteiger partial charge in [-0.05, 0) is 41.0 Å². The highest BCUT2D eigenvalue weighted by Gasteiger charge is 2.13. The van der Waals surface area contributed by atoms with Crippen LogP contribution in [0.5, 0.6) is 0 Å². The Morgan fingerprint density at radius 1 is 1.40 bits per heavy atom. The zero-order valence-electron chi connectivity index (χ0n) is 11.8. The summed E-state index contributed by atoms with van der Waals surface area (Å²) < 4.78 is 3.02. The van der Waals surface area contributed by atoms with Gasteiger partial charge in [0.15, 0.2) is 0 Å². The monoisotopic (exact) mass is 353 g/mol. The van der Waals surface area contributed by atoms with E-state index in [-0.39, 0.29) is 0 Å². The van der Waals surface area contributed by atoms with E-state index < -0.39 is 0 Å². The number of hydrogen-bond donors (Lipinski definition) is 1. The van der Waals surface area contributed by atoms with Crippen LogP contribution in [-0.4, -0.2) is 22.1 Å². The van der Waals surface area contributed by atoms with Gasteiger partial charge < -0.3 is 5.32 Å². The van der Waals surface area contributed by atoms with Crippen LogP contribution >= 0.6 is 27.7 Å². The number of nitrogens with zero attached hydrogens (tertiary/aromatic N) is 2. The van der Waals surface area contributed by atoms with Crippen LogP contribution in [0, 0.1) is 0 Å². The van der Waals surface area contributed by atoms with E-state index in [1.807, 2.05) is 35.8 Å². The number of benzene rings is 1.